The minimum atomic E-state index is 0.141. The standard InChI is InChI=1S/C16H20N2O2/c1-17-14-11-13(20-2)7-6-12(14)10-15(17)16(19)18-8-4-3-5-9-18/h6-7,10-11H,3-5,8-9H2,1-2H3. The number of rotatable bonds is 2. The van der Waals surface area contributed by atoms with Crippen molar-refractivity contribution in [2.75, 3.05) is 20.2 Å². The lowest BCUT2D eigenvalue weighted by Crippen LogP contribution is -2.36. The molecular formula is C16H20N2O2. The van der Waals surface area contributed by atoms with Crippen LogP contribution in [0.1, 0.15) is 29.8 Å². The van der Waals surface area contributed by atoms with E-state index in [2.05, 4.69) is 0 Å². The topological polar surface area (TPSA) is 34.5 Å². The molecular weight excluding hydrogens is 252 g/mol. The number of carbonyl (C=O) groups excluding carboxylic acids is 1. The van der Waals surface area contributed by atoms with Crippen molar-refractivity contribution >= 4 is 16.8 Å². The summed E-state index contributed by atoms with van der Waals surface area (Å²) in [6.07, 6.45) is 3.46. The molecule has 1 aliphatic rings. The smallest absolute Gasteiger partial charge is 0.270 e. The van der Waals surface area contributed by atoms with Crippen molar-refractivity contribution in [1.29, 1.82) is 0 Å². The largest absolute Gasteiger partial charge is 0.497 e. The van der Waals surface area contributed by atoms with Gasteiger partial charge < -0.3 is 14.2 Å². The molecule has 1 aromatic carbocycles. The van der Waals surface area contributed by atoms with Crippen LogP contribution in [0.25, 0.3) is 10.9 Å². The van der Waals surface area contributed by atoms with Gasteiger partial charge in [0.2, 0.25) is 0 Å². The molecule has 1 aromatic heterocycles. The number of benzene rings is 1. The Morgan fingerprint density at radius 1 is 1.15 bits per heavy atom. The predicted molar refractivity (Wildman–Crippen MR) is 79.2 cm³/mol. The number of methoxy groups -OCH3 is 1. The molecule has 1 amide bonds. The molecule has 20 heavy (non-hydrogen) atoms. The number of carbonyl (C=O) groups is 1. The van der Waals surface area contributed by atoms with E-state index >= 15 is 0 Å². The fourth-order valence-corrected chi connectivity index (χ4v) is 2.90. The van der Waals surface area contributed by atoms with E-state index in [0.29, 0.717) is 0 Å². The quantitative estimate of drug-likeness (QED) is 0.842. The third-order valence-corrected chi connectivity index (χ3v) is 4.11. The maximum absolute atomic E-state index is 12.6. The van der Waals surface area contributed by atoms with E-state index in [9.17, 15) is 4.79 Å². The maximum Gasteiger partial charge on any atom is 0.270 e. The molecule has 4 heteroatoms. The highest BCUT2D eigenvalue weighted by Crippen LogP contribution is 2.25. The molecule has 0 N–H and O–H groups in total. The predicted octanol–water partition coefficient (Wildman–Crippen LogP) is 2.81. The molecule has 2 aromatic rings. The molecule has 0 aliphatic carbocycles. The van der Waals surface area contributed by atoms with Gasteiger partial charge in [0.25, 0.3) is 5.91 Å². The molecule has 1 aliphatic heterocycles. The monoisotopic (exact) mass is 272 g/mol. The van der Waals surface area contributed by atoms with Crippen LogP contribution in [-0.4, -0.2) is 35.6 Å². The molecule has 1 saturated heterocycles. The number of aryl methyl sites for hydroxylation is 1. The number of hydrogen-bond acceptors (Lipinski definition) is 2. The van der Waals surface area contributed by atoms with Crippen molar-refractivity contribution in [2.45, 2.75) is 19.3 Å². The van der Waals surface area contributed by atoms with Gasteiger partial charge in [0.1, 0.15) is 11.4 Å². The summed E-state index contributed by atoms with van der Waals surface area (Å²) in [5, 5.41) is 1.08. The van der Waals surface area contributed by atoms with Gasteiger partial charge in [0, 0.05) is 31.6 Å². The molecule has 4 nitrogen and oxygen atoms in total. The third-order valence-electron chi connectivity index (χ3n) is 4.11. The number of ether oxygens (including phenoxy) is 1. The van der Waals surface area contributed by atoms with Crippen molar-refractivity contribution < 1.29 is 9.53 Å². The van der Waals surface area contributed by atoms with Crippen molar-refractivity contribution in [1.82, 2.24) is 9.47 Å². The number of aromatic nitrogens is 1. The Morgan fingerprint density at radius 3 is 2.60 bits per heavy atom. The van der Waals surface area contributed by atoms with Crippen LogP contribution in [0, 0.1) is 0 Å². The normalized spacial score (nSPS) is 15.6. The molecule has 0 saturated carbocycles. The number of likely N-dealkylation sites (tertiary alicyclic amines) is 1. The van der Waals surface area contributed by atoms with E-state index in [1.165, 1.54) is 6.42 Å². The molecule has 0 spiro atoms. The van der Waals surface area contributed by atoms with Crippen LogP contribution < -0.4 is 4.74 Å². The number of hydrogen-bond donors (Lipinski definition) is 0. The zero-order chi connectivity index (χ0) is 14.1. The zero-order valence-corrected chi connectivity index (χ0v) is 12.1. The fraction of sp³-hybridized carbons (Fsp3) is 0.438. The molecule has 0 unspecified atom stereocenters. The van der Waals surface area contributed by atoms with Gasteiger partial charge in [0.05, 0.1) is 12.6 Å². The lowest BCUT2D eigenvalue weighted by atomic mass is 10.1. The Hall–Kier alpha value is -1.97. The fourth-order valence-electron chi connectivity index (χ4n) is 2.90. The Balaban J connectivity index is 1.98. The Morgan fingerprint density at radius 2 is 1.90 bits per heavy atom. The molecule has 3 rings (SSSR count). The summed E-state index contributed by atoms with van der Waals surface area (Å²) in [5.74, 6) is 0.957. The van der Waals surface area contributed by atoms with Crippen LogP contribution in [0.2, 0.25) is 0 Å². The molecule has 0 radical (unpaired) electrons. The average Bonchev–Trinajstić information content (AvgIpc) is 2.84. The molecule has 1 fully saturated rings. The van der Waals surface area contributed by atoms with Gasteiger partial charge in [-0.25, -0.2) is 0 Å². The van der Waals surface area contributed by atoms with Crippen LogP contribution in [0.3, 0.4) is 0 Å². The van der Waals surface area contributed by atoms with Gasteiger partial charge >= 0.3 is 0 Å². The van der Waals surface area contributed by atoms with Crippen LogP contribution in [-0.2, 0) is 7.05 Å². The first kappa shape index (κ1) is 13.0. The van der Waals surface area contributed by atoms with Gasteiger partial charge in [-0.2, -0.15) is 0 Å². The highest BCUT2D eigenvalue weighted by molar-refractivity contribution is 5.99. The maximum atomic E-state index is 12.6. The second kappa shape index (κ2) is 5.19. The first-order chi connectivity index (χ1) is 9.70. The molecule has 0 bridgehead atoms. The highest BCUT2D eigenvalue weighted by Gasteiger charge is 2.21. The van der Waals surface area contributed by atoms with Gasteiger partial charge in [-0.3, -0.25) is 4.79 Å². The van der Waals surface area contributed by atoms with E-state index in [-0.39, 0.29) is 5.91 Å². The minimum Gasteiger partial charge on any atom is -0.497 e. The van der Waals surface area contributed by atoms with Crippen LogP contribution in [0.4, 0.5) is 0 Å². The summed E-state index contributed by atoms with van der Waals surface area (Å²) < 4.78 is 7.22. The lowest BCUT2D eigenvalue weighted by Gasteiger charge is -2.26. The van der Waals surface area contributed by atoms with Crippen molar-refractivity contribution in [3.63, 3.8) is 0 Å². The summed E-state index contributed by atoms with van der Waals surface area (Å²) in [7, 11) is 3.60. The second-order valence-corrected chi connectivity index (χ2v) is 5.37. The van der Waals surface area contributed by atoms with E-state index in [1.54, 1.807) is 7.11 Å². The first-order valence-corrected chi connectivity index (χ1v) is 7.13. The van der Waals surface area contributed by atoms with Crippen LogP contribution in [0.5, 0.6) is 5.75 Å². The number of piperidine rings is 1. The lowest BCUT2D eigenvalue weighted by molar-refractivity contribution is 0.0715. The second-order valence-electron chi connectivity index (χ2n) is 5.37. The summed E-state index contributed by atoms with van der Waals surface area (Å²) in [5.41, 5.74) is 1.79. The molecule has 0 atom stereocenters. The summed E-state index contributed by atoms with van der Waals surface area (Å²) >= 11 is 0. The molecule has 106 valence electrons. The highest BCUT2D eigenvalue weighted by atomic mass is 16.5. The average molecular weight is 272 g/mol. The van der Waals surface area contributed by atoms with Crippen LogP contribution in [0.15, 0.2) is 24.3 Å². The Kier molecular flexibility index (Phi) is 3.38. The van der Waals surface area contributed by atoms with E-state index in [4.69, 9.17) is 4.74 Å². The van der Waals surface area contributed by atoms with Crippen LogP contribution >= 0.6 is 0 Å². The third kappa shape index (κ3) is 2.15. The number of fused-ring (bicyclic) bond motifs is 1. The Bertz CT molecular complexity index is 639. The zero-order valence-electron chi connectivity index (χ0n) is 12.1. The summed E-state index contributed by atoms with van der Waals surface area (Å²) in [6, 6.07) is 7.88. The number of amides is 1. The Labute approximate surface area is 118 Å². The summed E-state index contributed by atoms with van der Waals surface area (Å²) in [4.78, 5) is 14.6. The van der Waals surface area contributed by atoms with Crippen molar-refractivity contribution in [3.8, 4) is 5.75 Å². The SMILES string of the molecule is COc1ccc2cc(C(=O)N3CCCCC3)n(C)c2c1. The summed E-state index contributed by atoms with van der Waals surface area (Å²) in [6.45, 7) is 1.76. The number of nitrogens with zero attached hydrogens (tertiary/aromatic N) is 2. The van der Waals surface area contributed by atoms with Crippen molar-refractivity contribution in [2.24, 2.45) is 7.05 Å². The van der Waals surface area contributed by atoms with Gasteiger partial charge in [-0.05, 0) is 37.5 Å². The van der Waals surface area contributed by atoms with Gasteiger partial charge in [-0.1, -0.05) is 0 Å². The minimum absolute atomic E-state index is 0.141. The van der Waals surface area contributed by atoms with Gasteiger partial charge in [0.15, 0.2) is 0 Å². The molecule has 2 heterocycles. The van der Waals surface area contributed by atoms with E-state index in [0.717, 1.165) is 48.3 Å². The first-order valence-electron chi connectivity index (χ1n) is 7.13. The van der Waals surface area contributed by atoms with Crippen molar-refractivity contribution in [3.05, 3.63) is 30.0 Å². The van der Waals surface area contributed by atoms with Gasteiger partial charge in [-0.15, -0.1) is 0 Å². The van der Waals surface area contributed by atoms with E-state index in [1.807, 2.05) is 40.8 Å². The van der Waals surface area contributed by atoms with E-state index < -0.39 is 0 Å².